The van der Waals surface area contributed by atoms with Crippen molar-refractivity contribution in [2.24, 2.45) is 0 Å². The van der Waals surface area contributed by atoms with E-state index in [1.54, 1.807) is 4.57 Å². The van der Waals surface area contributed by atoms with Crippen LogP contribution in [0.15, 0.2) is 41.3 Å². The van der Waals surface area contributed by atoms with Crippen LogP contribution in [0.2, 0.25) is 0 Å². The van der Waals surface area contributed by atoms with Crippen LogP contribution in [0.5, 0.6) is 5.75 Å². The number of alkyl halides is 3. The zero-order chi connectivity index (χ0) is 34.2. The zero-order valence-electron chi connectivity index (χ0n) is 26.1. The first-order valence-corrected chi connectivity index (χ1v) is 15.3. The summed E-state index contributed by atoms with van der Waals surface area (Å²) < 4.78 is 47.9. The number of hydrogen-bond acceptors (Lipinski definition) is 10. The van der Waals surface area contributed by atoms with Gasteiger partial charge in [-0.25, -0.2) is 9.97 Å². The number of aromatic nitrogens is 6. The number of aryl methyl sites for hydroxylation is 1. The molecule has 1 saturated heterocycles. The molecule has 6 heterocycles. The van der Waals surface area contributed by atoms with Crippen LogP contribution in [0, 0.1) is 6.92 Å². The summed E-state index contributed by atoms with van der Waals surface area (Å²) in [5.74, 6) is -0.588. The Morgan fingerprint density at radius 2 is 1.88 bits per heavy atom. The third kappa shape index (κ3) is 6.26. The van der Waals surface area contributed by atoms with Crippen molar-refractivity contribution >= 4 is 34.7 Å². The van der Waals surface area contributed by atoms with Crippen LogP contribution in [-0.4, -0.2) is 83.7 Å². The number of halogens is 3. The summed E-state index contributed by atoms with van der Waals surface area (Å²) in [6.07, 6.45) is 0.474. The first kappa shape index (κ1) is 32.5. The third-order valence-electron chi connectivity index (χ3n) is 8.14. The van der Waals surface area contributed by atoms with E-state index in [1.807, 2.05) is 17.9 Å². The SMILES string of the molecule is CCc1c(N2CCN(C(=O)c3ncccc3O)CC2)c(=O)n2nc(C3=CCCCO3)nc2n1CC(=O)Nc1ccc(C(F)(F)F)nc1C. The number of anilines is 2. The molecule has 2 aliphatic heterocycles. The highest BCUT2D eigenvalue weighted by molar-refractivity contribution is 5.95. The number of pyridine rings is 2. The van der Waals surface area contributed by atoms with Crippen molar-refractivity contribution in [3.8, 4) is 5.75 Å². The van der Waals surface area contributed by atoms with Gasteiger partial charge in [0.1, 0.15) is 23.7 Å². The van der Waals surface area contributed by atoms with Crippen LogP contribution < -0.4 is 15.8 Å². The standard InChI is InChI=1S/C31H32F3N9O5/c1-3-20-26(40-12-14-41(15-13-40)28(46)25-21(44)7-6-11-35-25)29(47)43-30(38-27(39-43)22-8-4-5-16-48-22)42(20)17-24(45)37-19-9-10-23(31(32,33)34)36-18(19)2/h6-11,44H,3-5,12-17H2,1-2H3,(H,37,45). The van der Waals surface area contributed by atoms with E-state index in [9.17, 15) is 32.7 Å². The molecule has 0 bridgehead atoms. The number of aromatic hydroxyl groups is 1. The third-order valence-corrected chi connectivity index (χ3v) is 8.14. The number of nitrogens with one attached hydrogen (secondary N) is 1. The zero-order valence-corrected chi connectivity index (χ0v) is 26.1. The Morgan fingerprint density at radius 3 is 2.52 bits per heavy atom. The van der Waals surface area contributed by atoms with Crippen molar-refractivity contribution in [2.45, 2.75) is 45.8 Å². The lowest BCUT2D eigenvalue weighted by Gasteiger charge is -2.36. The van der Waals surface area contributed by atoms with E-state index >= 15 is 0 Å². The van der Waals surface area contributed by atoms with E-state index in [0.717, 1.165) is 29.5 Å². The molecule has 2 aliphatic rings. The van der Waals surface area contributed by atoms with Crippen LogP contribution in [0.3, 0.4) is 0 Å². The highest BCUT2D eigenvalue weighted by Crippen LogP contribution is 2.30. The largest absolute Gasteiger partial charge is 0.505 e. The van der Waals surface area contributed by atoms with E-state index in [-0.39, 0.29) is 72.8 Å². The molecule has 0 spiro atoms. The summed E-state index contributed by atoms with van der Waals surface area (Å²) in [6.45, 7) is 4.24. The summed E-state index contributed by atoms with van der Waals surface area (Å²) >= 11 is 0. The van der Waals surface area contributed by atoms with Gasteiger partial charge >= 0.3 is 6.18 Å². The Bertz CT molecular complexity index is 1980. The maximum atomic E-state index is 14.1. The van der Waals surface area contributed by atoms with E-state index in [0.29, 0.717) is 24.5 Å². The number of hydrogen-bond donors (Lipinski definition) is 2. The van der Waals surface area contributed by atoms with Crippen molar-refractivity contribution < 1.29 is 32.6 Å². The average Bonchev–Trinajstić information content (AvgIpc) is 3.53. The molecule has 6 rings (SSSR count). The van der Waals surface area contributed by atoms with Gasteiger partial charge < -0.3 is 29.5 Å². The molecular formula is C31H32F3N9O5. The van der Waals surface area contributed by atoms with E-state index < -0.39 is 29.2 Å². The molecule has 4 aromatic heterocycles. The molecule has 0 saturated carbocycles. The van der Waals surface area contributed by atoms with Gasteiger partial charge in [0.05, 0.1) is 23.7 Å². The van der Waals surface area contributed by atoms with Gasteiger partial charge in [-0.2, -0.15) is 22.7 Å². The van der Waals surface area contributed by atoms with Gasteiger partial charge in [0.15, 0.2) is 11.5 Å². The van der Waals surface area contributed by atoms with Gasteiger partial charge in [0.25, 0.3) is 11.5 Å². The Hall–Kier alpha value is -5.48. The molecule has 0 aliphatic carbocycles. The molecule has 252 valence electrons. The minimum Gasteiger partial charge on any atom is -0.505 e. The van der Waals surface area contributed by atoms with Gasteiger partial charge in [-0.15, -0.1) is 5.10 Å². The van der Waals surface area contributed by atoms with Crippen LogP contribution >= 0.6 is 0 Å². The number of carbonyl (C=O) groups is 2. The van der Waals surface area contributed by atoms with Gasteiger partial charge in [0.2, 0.25) is 17.5 Å². The van der Waals surface area contributed by atoms with Gasteiger partial charge in [0, 0.05) is 32.4 Å². The second-order valence-electron chi connectivity index (χ2n) is 11.3. The maximum absolute atomic E-state index is 14.1. The molecule has 2 amide bonds. The van der Waals surface area contributed by atoms with Crippen molar-refractivity contribution in [3.05, 3.63) is 75.5 Å². The molecule has 1 fully saturated rings. The molecule has 0 aromatic carbocycles. The molecule has 0 unspecified atom stereocenters. The molecule has 14 nitrogen and oxygen atoms in total. The van der Waals surface area contributed by atoms with Crippen LogP contribution in [-0.2, 0) is 28.7 Å². The fraction of sp³-hybridized carbons (Fsp3) is 0.387. The number of amides is 2. The lowest BCUT2D eigenvalue weighted by atomic mass is 10.2. The van der Waals surface area contributed by atoms with Crippen molar-refractivity contribution in [1.29, 1.82) is 0 Å². The summed E-state index contributed by atoms with van der Waals surface area (Å²) in [6, 6.07) is 4.83. The Labute approximate surface area is 271 Å². The topological polar surface area (TPSA) is 160 Å². The highest BCUT2D eigenvalue weighted by atomic mass is 19.4. The number of rotatable bonds is 7. The number of fused-ring (bicyclic) bond motifs is 1. The molecule has 0 radical (unpaired) electrons. The summed E-state index contributed by atoms with van der Waals surface area (Å²) in [7, 11) is 0. The maximum Gasteiger partial charge on any atom is 0.433 e. The quantitative estimate of drug-likeness (QED) is 0.300. The van der Waals surface area contributed by atoms with Crippen molar-refractivity contribution in [2.75, 3.05) is 43.0 Å². The van der Waals surface area contributed by atoms with Gasteiger partial charge in [-0.05, 0) is 56.5 Å². The first-order chi connectivity index (χ1) is 23.0. The fourth-order valence-electron chi connectivity index (χ4n) is 5.78. The second kappa shape index (κ2) is 13.0. The van der Waals surface area contributed by atoms with Crippen LogP contribution in [0.1, 0.15) is 53.2 Å². The van der Waals surface area contributed by atoms with Crippen LogP contribution in [0.4, 0.5) is 24.5 Å². The Kier molecular flexibility index (Phi) is 8.77. The number of piperazine rings is 1. The monoisotopic (exact) mass is 667 g/mol. The highest BCUT2D eigenvalue weighted by Gasteiger charge is 2.33. The molecule has 4 aromatic rings. The summed E-state index contributed by atoms with van der Waals surface area (Å²) in [5, 5.41) is 17.2. The second-order valence-corrected chi connectivity index (χ2v) is 11.3. The summed E-state index contributed by atoms with van der Waals surface area (Å²) in [4.78, 5) is 56.1. The predicted octanol–water partition coefficient (Wildman–Crippen LogP) is 3.03. The van der Waals surface area contributed by atoms with Crippen LogP contribution in [0.25, 0.3) is 11.5 Å². The minimum absolute atomic E-state index is 0.0165. The number of carbonyl (C=O) groups excluding carboxylic acids is 2. The lowest BCUT2D eigenvalue weighted by molar-refractivity contribution is -0.141. The predicted molar refractivity (Wildman–Crippen MR) is 166 cm³/mol. The van der Waals surface area contributed by atoms with Crippen molar-refractivity contribution in [1.82, 2.24) is 34.0 Å². The molecule has 0 atom stereocenters. The molecule has 48 heavy (non-hydrogen) atoms. The van der Waals surface area contributed by atoms with Gasteiger partial charge in [-0.3, -0.25) is 14.4 Å². The normalized spacial score (nSPS) is 15.3. The average molecular weight is 668 g/mol. The fourth-order valence-corrected chi connectivity index (χ4v) is 5.78. The smallest absolute Gasteiger partial charge is 0.433 e. The van der Waals surface area contributed by atoms with E-state index in [4.69, 9.17) is 4.74 Å². The van der Waals surface area contributed by atoms with E-state index in [1.165, 1.54) is 30.2 Å². The van der Waals surface area contributed by atoms with Crippen molar-refractivity contribution in [3.63, 3.8) is 0 Å². The molecule has 2 N–H and O–H groups in total. The number of allylic oxidation sites excluding steroid dienone is 1. The number of ether oxygens (including phenoxy) is 1. The lowest BCUT2D eigenvalue weighted by Crippen LogP contribution is -2.51. The molecule has 17 heteroatoms. The van der Waals surface area contributed by atoms with Gasteiger partial charge in [-0.1, -0.05) is 6.92 Å². The number of nitrogens with zero attached hydrogens (tertiary/aromatic N) is 8. The Morgan fingerprint density at radius 1 is 1.10 bits per heavy atom. The minimum atomic E-state index is -4.64. The summed E-state index contributed by atoms with van der Waals surface area (Å²) in [5.41, 5.74) is -0.783. The first-order valence-electron chi connectivity index (χ1n) is 15.3. The molecular weight excluding hydrogens is 635 g/mol. The van der Waals surface area contributed by atoms with E-state index in [2.05, 4.69) is 25.4 Å². The Balaban J connectivity index is 1.35.